The van der Waals surface area contributed by atoms with Crippen molar-refractivity contribution in [2.45, 2.75) is 6.61 Å². The number of hydrogen-bond acceptors (Lipinski definition) is 4. The summed E-state index contributed by atoms with van der Waals surface area (Å²) in [5.41, 5.74) is 1.71. The van der Waals surface area contributed by atoms with E-state index in [4.69, 9.17) is 21.7 Å². The van der Waals surface area contributed by atoms with Gasteiger partial charge in [0, 0.05) is 5.56 Å². The van der Waals surface area contributed by atoms with Crippen LogP contribution in [0.4, 0.5) is 5.69 Å². The number of hydrogen-bond donors (Lipinski definition) is 1. The molecule has 1 N–H and O–H groups in total. The average Bonchev–Trinajstić information content (AvgIpc) is 2.54. The minimum absolute atomic E-state index is 0.111. The number of benzene rings is 2. The van der Waals surface area contributed by atoms with Crippen molar-refractivity contribution < 1.29 is 9.63 Å². The van der Waals surface area contributed by atoms with Crippen LogP contribution in [0.3, 0.4) is 0 Å². The molecule has 0 aliphatic carbocycles. The average molecular weight is 314 g/mol. The molecule has 22 heavy (non-hydrogen) atoms. The first kappa shape index (κ1) is 15.5. The van der Waals surface area contributed by atoms with Gasteiger partial charge in [-0.15, -0.1) is 0 Å². The molecule has 0 radical (unpaired) electrons. The smallest absolute Gasteiger partial charge is 0.270 e. The van der Waals surface area contributed by atoms with Crippen molar-refractivity contribution in [3.8, 4) is 6.07 Å². The van der Waals surface area contributed by atoms with Crippen LogP contribution in [0.5, 0.6) is 0 Å². The molecule has 0 bridgehead atoms. The molecule has 1 amide bonds. The van der Waals surface area contributed by atoms with Crippen molar-refractivity contribution in [1.29, 1.82) is 5.26 Å². The second-order valence-electron chi connectivity index (χ2n) is 4.25. The monoisotopic (exact) mass is 313 g/mol. The number of carbonyl (C=O) groups excluding carboxylic acids is 1. The highest BCUT2D eigenvalue weighted by atomic mass is 35.5. The second kappa shape index (κ2) is 7.81. The fourth-order valence-electron chi connectivity index (χ4n) is 1.67. The van der Waals surface area contributed by atoms with Crippen LogP contribution in [0.2, 0.25) is 5.02 Å². The molecular formula is C16H12ClN3O2. The zero-order chi connectivity index (χ0) is 15.8. The summed E-state index contributed by atoms with van der Waals surface area (Å²) in [6.07, 6.45) is 1.01. The molecule has 5 nitrogen and oxygen atoms in total. The van der Waals surface area contributed by atoms with Crippen molar-refractivity contribution in [3.63, 3.8) is 0 Å². The Morgan fingerprint density at radius 1 is 1.27 bits per heavy atom. The summed E-state index contributed by atoms with van der Waals surface area (Å²) in [6, 6.07) is 15.9. The highest BCUT2D eigenvalue weighted by molar-refractivity contribution is 6.36. The molecule has 0 spiro atoms. The zero-order valence-corrected chi connectivity index (χ0v) is 12.2. The Balaban J connectivity index is 1.87. The minimum Gasteiger partial charge on any atom is -0.391 e. The van der Waals surface area contributed by atoms with E-state index in [2.05, 4.69) is 16.5 Å². The minimum atomic E-state index is -0.457. The van der Waals surface area contributed by atoms with Gasteiger partial charge in [-0.1, -0.05) is 47.1 Å². The fourth-order valence-corrected chi connectivity index (χ4v) is 1.86. The number of nitriles is 1. The third kappa shape index (κ3) is 4.33. The van der Waals surface area contributed by atoms with Gasteiger partial charge in [0.25, 0.3) is 5.91 Å². The van der Waals surface area contributed by atoms with Crippen molar-refractivity contribution >= 4 is 29.4 Å². The van der Waals surface area contributed by atoms with E-state index >= 15 is 0 Å². The molecule has 0 unspecified atom stereocenters. The van der Waals surface area contributed by atoms with Gasteiger partial charge in [-0.2, -0.15) is 5.26 Å². The molecule has 0 fully saturated rings. The lowest BCUT2D eigenvalue weighted by Gasteiger charge is -2.04. The van der Waals surface area contributed by atoms with Crippen LogP contribution in [-0.2, 0) is 16.2 Å². The van der Waals surface area contributed by atoms with Crippen LogP contribution in [0.15, 0.2) is 53.7 Å². The summed E-state index contributed by atoms with van der Waals surface area (Å²) in [5.74, 6) is -0.457. The molecule has 0 saturated carbocycles. The molecule has 2 rings (SSSR count). The molecule has 0 aliphatic rings. The van der Waals surface area contributed by atoms with Crippen LogP contribution in [0, 0.1) is 11.3 Å². The van der Waals surface area contributed by atoms with Gasteiger partial charge in [0.05, 0.1) is 22.3 Å². The number of carbonyl (C=O) groups is 1. The Morgan fingerprint density at radius 2 is 2.00 bits per heavy atom. The normalized spacial score (nSPS) is 10.2. The summed E-state index contributed by atoms with van der Waals surface area (Å²) in [6.45, 7) is 0.111. The van der Waals surface area contributed by atoms with E-state index in [1.807, 2.05) is 0 Å². The van der Waals surface area contributed by atoms with Gasteiger partial charge in [0.2, 0.25) is 0 Å². The Bertz CT molecular complexity index is 738. The summed E-state index contributed by atoms with van der Waals surface area (Å²) in [5, 5.41) is 15.5. The van der Waals surface area contributed by atoms with Gasteiger partial charge < -0.3 is 10.2 Å². The predicted octanol–water partition coefficient (Wildman–Crippen LogP) is 3.35. The highest BCUT2D eigenvalue weighted by Gasteiger charge is 2.03. The number of nitrogens with one attached hydrogen (secondary N) is 1. The lowest BCUT2D eigenvalue weighted by Crippen LogP contribution is -2.13. The van der Waals surface area contributed by atoms with E-state index in [1.54, 1.807) is 48.5 Å². The largest absolute Gasteiger partial charge is 0.391 e. The molecule has 0 saturated heterocycles. The van der Waals surface area contributed by atoms with Gasteiger partial charge >= 0.3 is 0 Å². The van der Waals surface area contributed by atoms with Crippen molar-refractivity contribution in [2.24, 2.45) is 5.16 Å². The summed E-state index contributed by atoms with van der Waals surface area (Å²) >= 11 is 5.92. The fraction of sp³-hybridized carbons (Fsp3) is 0.0625. The van der Waals surface area contributed by atoms with Gasteiger partial charge in [-0.3, -0.25) is 4.79 Å². The maximum atomic E-state index is 11.6. The summed E-state index contributed by atoms with van der Waals surface area (Å²) in [7, 11) is 0. The molecule has 0 heterocycles. The van der Waals surface area contributed by atoms with E-state index in [9.17, 15) is 4.79 Å². The Hall–Kier alpha value is -2.84. The van der Waals surface area contributed by atoms with E-state index in [0.29, 0.717) is 21.8 Å². The summed E-state index contributed by atoms with van der Waals surface area (Å²) in [4.78, 5) is 16.7. The first-order chi connectivity index (χ1) is 10.7. The number of nitrogens with zero attached hydrogens (tertiary/aromatic N) is 2. The van der Waals surface area contributed by atoms with Crippen LogP contribution in [0.1, 0.15) is 11.1 Å². The molecule has 6 heteroatoms. The molecular weight excluding hydrogens is 302 g/mol. The van der Waals surface area contributed by atoms with Crippen molar-refractivity contribution in [1.82, 2.24) is 0 Å². The van der Waals surface area contributed by atoms with Crippen LogP contribution >= 0.6 is 11.6 Å². The van der Waals surface area contributed by atoms with Gasteiger partial charge in [0.15, 0.2) is 0 Å². The lowest BCUT2D eigenvalue weighted by atomic mass is 10.1. The zero-order valence-electron chi connectivity index (χ0n) is 11.5. The topological polar surface area (TPSA) is 74.5 Å². The van der Waals surface area contributed by atoms with Gasteiger partial charge in [-0.25, -0.2) is 0 Å². The molecule has 110 valence electrons. The Kier molecular flexibility index (Phi) is 5.52. The highest BCUT2D eigenvalue weighted by Crippen LogP contribution is 2.19. The Morgan fingerprint density at radius 3 is 2.77 bits per heavy atom. The third-order valence-electron chi connectivity index (χ3n) is 2.73. The Labute approximate surface area is 132 Å². The number of rotatable bonds is 5. The summed E-state index contributed by atoms with van der Waals surface area (Å²) < 4.78 is 0. The molecule has 0 atom stereocenters. The maximum Gasteiger partial charge on any atom is 0.270 e. The van der Waals surface area contributed by atoms with E-state index in [1.165, 1.54) is 0 Å². The van der Waals surface area contributed by atoms with Crippen LogP contribution in [-0.4, -0.2) is 12.1 Å². The second-order valence-corrected chi connectivity index (χ2v) is 4.65. The maximum absolute atomic E-state index is 11.6. The third-order valence-corrected chi connectivity index (χ3v) is 3.06. The quantitative estimate of drug-likeness (QED) is 0.679. The lowest BCUT2D eigenvalue weighted by molar-refractivity contribution is -0.110. The SMILES string of the molecule is N#Cc1ccccc1CO/N=C/C(=O)Nc1ccccc1Cl. The van der Waals surface area contributed by atoms with Gasteiger partial charge in [-0.05, 0) is 18.2 Å². The number of para-hydroxylation sites is 1. The van der Waals surface area contributed by atoms with E-state index < -0.39 is 5.91 Å². The van der Waals surface area contributed by atoms with E-state index in [-0.39, 0.29) is 6.61 Å². The molecule has 0 aliphatic heterocycles. The van der Waals surface area contributed by atoms with Crippen LogP contribution < -0.4 is 5.32 Å². The van der Waals surface area contributed by atoms with E-state index in [0.717, 1.165) is 6.21 Å². The number of oxime groups is 1. The molecule has 0 aromatic heterocycles. The number of anilines is 1. The predicted molar refractivity (Wildman–Crippen MR) is 84.5 cm³/mol. The van der Waals surface area contributed by atoms with Crippen molar-refractivity contribution in [3.05, 3.63) is 64.7 Å². The molecule has 2 aromatic rings. The van der Waals surface area contributed by atoms with Crippen molar-refractivity contribution in [2.75, 3.05) is 5.32 Å². The number of amides is 1. The first-order valence-corrected chi connectivity index (χ1v) is 6.77. The molecule has 2 aromatic carbocycles. The number of halogens is 1. The van der Waals surface area contributed by atoms with Crippen LogP contribution in [0.25, 0.3) is 0 Å². The first-order valence-electron chi connectivity index (χ1n) is 6.39. The van der Waals surface area contributed by atoms with Gasteiger partial charge in [0.1, 0.15) is 12.8 Å². The standard InChI is InChI=1S/C16H12ClN3O2/c17-14-7-3-4-8-15(14)20-16(21)10-19-22-11-13-6-2-1-5-12(13)9-18/h1-8,10H,11H2,(H,20,21)/b19-10+.